The van der Waals surface area contributed by atoms with Crippen LogP contribution in [0.25, 0.3) is 10.9 Å². The van der Waals surface area contributed by atoms with Gasteiger partial charge in [0.1, 0.15) is 17.5 Å². The summed E-state index contributed by atoms with van der Waals surface area (Å²) in [5, 5.41) is 3.53. The minimum atomic E-state index is -0.686. The van der Waals surface area contributed by atoms with Gasteiger partial charge < -0.3 is 10.2 Å². The standard InChI is InChI=1S/C21H18F3N3OS/c22-14-1-2-19-17(10-14)20(26-11-13-7-15(23)9-16(24)8-13)18(12-25-19)21(28)27-3-5-29-6-4-27/h1-2,7-10,12H,3-6,11H2,(H,25,26). The predicted octanol–water partition coefficient (Wildman–Crippen LogP) is 4.45. The lowest BCUT2D eigenvalue weighted by Gasteiger charge is -2.27. The van der Waals surface area contributed by atoms with E-state index in [9.17, 15) is 18.0 Å². The molecule has 1 aliphatic rings. The number of nitrogens with one attached hydrogen (secondary N) is 1. The van der Waals surface area contributed by atoms with Gasteiger partial charge in [0, 0.05) is 48.8 Å². The Morgan fingerprint density at radius 3 is 2.48 bits per heavy atom. The molecule has 1 aromatic heterocycles. The van der Waals surface area contributed by atoms with Gasteiger partial charge in [-0.25, -0.2) is 13.2 Å². The lowest BCUT2D eigenvalue weighted by Crippen LogP contribution is -2.38. The Hall–Kier alpha value is -2.74. The number of thioether (sulfide) groups is 1. The van der Waals surface area contributed by atoms with Gasteiger partial charge in [0.2, 0.25) is 0 Å². The van der Waals surface area contributed by atoms with Crippen molar-refractivity contribution in [2.45, 2.75) is 6.54 Å². The number of fused-ring (bicyclic) bond motifs is 1. The molecule has 1 N–H and O–H groups in total. The van der Waals surface area contributed by atoms with Crippen molar-refractivity contribution in [1.82, 2.24) is 9.88 Å². The second-order valence-electron chi connectivity index (χ2n) is 6.74. The van der Waals surface area contributed by atoms with Gasteiger partial charge >= 0.3 is 0 Å². The molecular formula is C21H18F3N3OS. The summed E-state index contributed by atoms with van der Waals surface area (Å²) < 4.78 is 41.0. The summed E-state index contributed by atoms with van der Waals surface area (Å²) in [5.41, 5.74) is 1.61. The van der Waals surface area contributed by atoms with E-state index in [2.05, 4.69) is 10.3 Å². The van der Waals surface area contributed by atoms with Crippen LogP contribution < -0.4 is 5.32 Å². The lowest BCUT2D eigenvalue weighted by molar-refractivity contribution is 0.0773. The van der Waals surface area contributed by atoms with Crippen LogP contribution in [0.15, 0.2) is 42.6 Å². The van der Waals surface area contributed by atoms with Crippen molar-refractivity contribution in [3.05, 3.63) is 71.2 Å². The van der Waals surface area contributed by atoms with E-state index in [0.717, 1.165) is 17.6 Å². The fourth-order valence-corrected chi connectivity index (χ4v) is 4.26. The number of pyridine rings is 1. The number of amides is 1. The summed E-state index contributed by atoms with van der Waals surface area (Å²) in [6, 6.07) is 7.35. The van der Waals surface area contributed by atoms with Crippen molar-refractivity contribution in [2.75, 3.05) is 29.9 Å². The van der Waals surface area contributed by atoms with E-state index in [1.54, 1.807) is 16.7 Å². The molecule has 1 fully saturated rings. The van der Waals surface area contributed by atoms with Crippen molar-refractivity contribution in [3.8, 4) is 0 Å². The Balaban J connectivity index is 1.73. The number of halogens is 3. The van der Waals surface area contributed by atoms with Crippen LogP contribution in [-0.2, 0) is 6.54 Å². The highest BCUT2D eigenvalue weighted by atomic mass is 32.2. The molecule has 3 aromatic rings. The van der Waals surface area contributed by atoms with Gasteiger partial charge in [-0.15, -0.1) is 0 Å². The van der Waals surface area contributed by atoms with Crippen LogP contribution in [0.5, 0.6) is 0 Å². The number of carbonyl (C=O) groups excluding carboxylic acids is 1. The summed E-state index contributed by atoms with van der Waals surface area (Å²) in [7, 11) is 0. The van der Waals surface area contributed by atoms with Crippen molar-refractivity contribution in [1.29, 1.82) is 0 Å². The molecule has 4 nitrogen and oxygen atoms in total. The molecule has 0 bridgehead atoms. The lowest BCUT2D eigenvalue weighted by atomic mass is 10.1. The van der Waals surface area contributed by atoms with Crippen molar-refractivity contribution in [2.24, 2.45) is 0 Å². The molecule has 0 radical (unpaired) electrons. The summed E-state index contributed by atoms with van der Waals surface area (Å²) in [6.45, 7) is 1.32. The van der Waals surface area contributed by atoms with Gasteiger partial charge in [0.25, 0.3) is 5.91 Å². The first-order valence-corrected chi connectivity index (χ1v) is 10.3. The van der Waals surface area contributed by atoms with Gasteiger partial charge in [-0.3, -0.25) is 9.78 Å². The fourth-order valence-electron chi connectivity index (χ4n) is 3.36. The van der Waals surface area contributed by atoms with Gasteiger partial charge in [0.05, 0.1) is 16.8 Å². The minimum absolute atomic E-state index is 0.0699. The van der Waals surface area contributed by atoms with Crippen LogP contribution in [0.2, 0.25) is 0 Å². The number of rotatable bonds is 4. The summed E-state index contributed by atoms with van der Waals surface area (Å²) >= 11 is 1.78. The minimum Gasteiger partial charge on any atom is -0.380 e. The predicted molar refractivity (Wildman–Crippen MR) is 109 cm³/mol. The van der Waals surface area contributed by atoms with E-state index in [4.69, 9.17) is 0 Å². The molecule has 1 amide bonds. The Bertz CT molecular complexity index is 1050. The number of hydrogen-bond donors (Lipinski definition) is 1. The van der Waals surface area contributed by atoms with E-state index >= 15 is 0 Å². The van der Waals surface area contributed by atoms with Gasteiger partial charge in [0.15, 0.2) is 0 Å². The number of anilines is 1. The molecule has 0 spiro atoms. The Labute approximate surface area is 170 Å². The third-order valence-corrected chi connectivity index (χ3v) is 5.69. The highest BCUT2D eigenvalue weighted by Gasteiger charge is 2.23. The molecule has 8 heteroatoms. The van der Waals surface area contributed by atoms with Gasteiger partial charge in [-0.1, -0.05) is 0 Å². The molecule has 0 aliphatic carbocycles. The molecule has 0 atom stereocenters. The zero-order chi connectivity index (χ0) is 20.4. The zero-order valence-electron chi connectivity index (χ0n) is 15.4. The average molecular weight is 417 g/mol. The number of aromatic nitrogens is 1. The number of benzene rings is 2. The van der Waals surface area contributed by atoms with Gasteiger partial charge in [-0.2, -0.15) is 11.8 Å². The number of carbonyl (C=O) groups is 1. The normalized spacial score (nSPS) is 14.2. The van der Waals surface area contributed by atoms with E-state index in [0.29, 0.717) is 40.8 Å². The van der Waals surface area contributed by atoms with E-state index in [-0.39, 0.29) is 12.5 Å². The number of hydrogen-bond acceptors (Lipinski definition) is 4. The number of nitrogens with zero attached hydrogens (tertiary/aromatic N) is 2. The Morgan fingerprint density at radius 2 is 1.76 bits per heavy atom. The maximum Gasteiger partial charge on any atom is 0.257 e. The van der Waals surface area contributed by atoms with Crippen LogP contribution >= 0.6 is 11.8 Å². The summed E-state index contributed by atoms with van der Waals surface area (Å²) in [6.07, 6.45) is 1.47. The molecule has 150 valence electrons. The first kappa shape index (κ1) is 19.6. The van der Waals surface area contributed by atoms with Gasteiger partial charge in [-0.05, 0) is 35.9 Å². The van der Waals surface area contributed by atoms with Crippen LogP contribution in [0.1, 0.15) is 15.9 Å². The first-order valence-electron chi connectivity index (χ1n) is 9.15. The van der Waals surface area contributed by atoms with Crippen molar-refractivity contribution >= 4 is 34.3 Å². The first-order chi connectivity index (χ1) is 14.0. The van der Waals surface area contributed by atoms with E-state index < -0.39 is 17.5 Å². The van der Waals surface area contributed by atoms with Crippen molar-refractivity contribution < 1.29 is 18.0 Å². The highest BCUT2D eigenvalue weighted by molar-refractivity contribution is 7.99. The molecular weight excluding hydrogens is 399 g/mol. The molecule has 1 aliphatic heterocycles. The summed E-state index contributed by atoms with van der Waals surface area (Å²) in [5.74, 6) is -0.321. The Morgan fingerprint density at radius 1 is 1.03 bits per heavy atom. The third-order valence-electron chi connectivity index (χ3n) is 4.75. The van der Waals surface area contributed by atoms with Crippen LogP contribution in [0.3, 0.4) is 0 Å². The van der Waals surface area contributed by atoms with Crippen LogP contribution in [0.4, 0.5) is 18.9 Å². The molecule has 4 rings (SSSR count). The molecule has 2 heterocycles. The Kier molecular flexibility index (Phi) is 5.62. The quantitative estimate of drug-likeness (QED) is 0.681. The van der Waals surface area contributed by atoms with Crippen molar-refractivity contribution in [3.63, 3.8) is 0 Å². The maximum atomic E-state index is 13.9. The average Bonchev–Trinajstić information content (AvgIpc) is 2.71. The fraction of sp³-hybridized carbons (Fsp3) is 0.238. The third kappa shape index (κ3) is 4.32. The van der Waals surface area contributed by atoms with Crippen LogP contribution in [-0.4, -0.2) is 40.4 Å². The summed E-state index contributed by atoms with van der Waals surface area (Å²) in [4.78, 5) is 19.1. The van der Waals surface area contributed by atoms with E-state index in [1.165, 1.54) is 36.5 Å². The monoisotopic (exact) mass is 417 g/mol. The molecule has 1 saturated heterocycles. The second-order valence-corrected chi connectivity index (χ2v) is 7.97. The molecule has 2 aromatic carbocycles. The van der Waals surface area contributed by atoms with Crippen LogP contribution in [0, 0.1) is 17.5 Å². The highest BCUT2D eigenvalue weighted by Crippen LogP contribution is 2.29. The zero-order valence-corrected chi connectivity index (χ0v) is 16.2. The van der Waals surface area contributed by atoms with E-state index in [1.807, 2.05) is 0 Å². The smallest absolute Gasteiger partial charge is 0.257 e. The molecule has 0 unspecified atom stereocenters. The maximum absolute atomic E-state index is 13.9. The molecule has 0 saturated carbocycles. The topological polar surface area (TPSA) is 45.2 Å². The molecule has 29 heavy (non-hydrogen) atoms. The largest absolute Gasteiger partial charge is 0.380 e. The second kappa shape index (κ2) is 8.32. The SMILES string of the molecule is O=C(c1cnc2ccc(F)cc2c1NCc1cc(F)cc(F)c1)N1CCSCC1.